The van der Waals surface area contributed by atoms with Gasteiger partial charge in [0, 0.05) is 39.4 Å². The van der Waals surface area contributed by atoms with Gasteiger partial charge in [0.05, 0.1) is 5.69 Å². The number of aromatic nitrogens is 1. The summed E-state index contributed by atoms with van der Waals surface area (Å²) in [5, 5.41) is 3.73. The summed E-state index contributed by atoms with van der Waals surface area (Å²) in [5.74, 6) is 1.85. The van der Waals surface area contributed by atoms with E-state index in [1.807, 2.05) is 26.4 Å². The first-order valence-electron chi connectivity index (χ1n) is 6.85. The zero-order chi connectivity index (χ0) is 12.5. The first kappa shape index (κ1) is 11.8. The van der Waals surface area contributed by atoms with Crippen LogP contribution in [-0.4, -0.2) is 49.7 Å². The molecule has 2 bridgehead atoms. The number of nitrogens with one attached hydrogen (secondary N) is 1. The molecule has 0 amide bonds. The number of hydrogen-bond donors (Lipinski definition) is 1. The van der Waals surface area contributed by atoms with Crippen molar-refractivity contribution in [1.29, 1.82) is 0 Å². The van der Waals surface area contributed by atoms with Gasteiger partial charge in [-0.25, -0.2) is 4.98 Å². The van der Waals surface area contributed by atoms with E-state index in [0.717, 1.165) is 11.7 Å². The third kappa shape index (κ3) is 2.17. The summed E-state index contributed by atoms with van der Waals surface area (Å²) in [6, 6.07) is 4.77. The third-order valence-corrected chi connectivity index (χ3v) is 4.19. The lowest BCUT2D eigenvalue weighted by molar-refractivity contribution is 0.255. The van der Waals surface area contributed by atoms with Crippen molar-refractivity contribution >= 4 is 11.5 Å². The maximum atomic E-state index is 4.46. The molecule has 1 aromatic heterocycles. The van der Waals surface area contributed by atoms with Gasteiger partial charge >= 0.3 is 0 Å². The lowest BCUT2D eigenvalue weighted by Gasteiger charge is -2.32. The summed E-state index contributed by atoms with van der Waals surface area (Å²) in [6.45, 7) is 3.80. The minimum absolute atomic E-state index is 0.617. The van der Waals surface area contributed by atoms with Crippen LogP contribution in [0.15, 0.2) is 18.3 Å². The first-order chi connectivity index (χ1) is 8.74. The predicted octanol–water partition coefficient (Wildman–Crippen LogP) is 1.65. The second kappa shape index (κ2) is 4.76. The molecule has 1 N–H and O–H groups in total. The van der Waals surface area contributed by atoms with Crippen LogP contribution in [0, 0.1) is 5.92 Å². The Morgan fingerprint density at radius 2 is 2.17 bits per heavy atom. The number of hydrogen-bond acceptors (Lipinski definition) is 4. The molecule has 0 radical (unpaired) electrons. The molecule has 3 heterocycles. The molecule has 2 saturated heterocycles. The van der Waals surface area contributed by atoms with Crippen LogP contribution in [-0.2, 0) is 0 Å². The summed E-state index contributed by atoms with van der Waals surface area (Å²) >= 11 is 0. The van der Waals surface area contributed by atoms with E-state index in [0.29, 0.717) is 6.04 Å². The second-order valence-electron chi connectivity index (χ2n) is 5.66. The number of nitrogens with zero attached hydrogens (tertiary/aromatic N) is 3. The molecule has 0 saturated carbocycles. The van der Waals surface area contributed by atoms with Gasteiger partial charge in [0.2, 0.25) is 0 Å². The highest BCUT2D eigenvalue weighted by Crippen LogP contribution is 2.31. The molecule has 18 heavy (non-hydrogen) atoms. The van der Waals surface area contributed by atoms with Gasteiger partial charge in [-0.3, -0.25) is 0 Å². The summed E-state index contributed by atoms with van der Waals surface area (Å²) in [5.41, 5.74) is 1.17. The summed E-state index contributed by atoms with van der Waals surface area (Å²) in [6.07, 6.45) is 4.46. The van der Waals surface area contributed by atoms with Crippen molar-refractivity contribution in [1.82, 2.24) is 9.88 Å². The molecule has 0 aromatic carbocycles. The van der Waals surface area contributed by atoms with Gasteiger partial charge in [-0.05, 0) is 37.4 Å². The van der Waals surface area contributed by atoms with Crippen LogP contribution in [0.1, 0.15) is 12.8 Å². The van der Waals surface area contributed by atoms with Crippen LogP contribution in [0.4, 0.5) is 11.5 Å². The minimum Gasteiger partial charge on any atom is -0.379 e. The van der Waals surface area contributed by atoms with Gasteiger partial charge < -0.3 is 15.1 Å². The van der Waals surface area contributed by atoms with E-state index in [-0.39, 0.29) is 0 Å². The molecule has 3 atom stereocenters. The molecule has 3 unspecified atom stereocenters. The number of anilines is 2. The van der Waals surface area contributed by atoms with Crippen molar-refractivity contribution in [3.8, 4) is 0 Å². The lowest BCUT2D eigenvalue weighted by Crippen LogP contribution is -2.39. The fourth-order valence-electron chi connectivity index (χ4n) is 3.21. The van der Waals surface area contributed by atoms with Crippen LogP contribution < -0.4 is 10.2 Å². The molecule has 2 fully saturated rings. The van der Waals surface area contributed by atoms with Crippen molar-refractivity contribution in [3.63, 3.8) is 0 Å². The molecule has 1 aromatic rings. The highest BCUT2D eigenvalue weighted by atomic mass is 15.2. The number of fused-ring (bicyclic) bond motifs is 2. The molecule has 2 aliphatic rings. The highest BCUT2D eigenvalue weighted by Gasteiger charge is 2.34. The van der Waals surface area contributed by atoms with Gasteiger partial charge in [-0.1, -0.05) is 0 Å². The Kier molecular flexibility index (Phi) is 3.12. The van der Waals surface area contributed by atoms with Crippen molar-refractivity contribution in [2.24, 2.45) is 5.92 Å². The minimum atomic E-state index is 0.617. The smallest absolute Gasteiger partial charge is 0.151 e. The van der Waals surface area contributed by atoms with E-state index in [1.54, 1.807) is 0 Å². The Morgan fingerprint density at radius 1 is 1.33 bits per heavy atom. The molecule has 0 spiro atoms. The summed E-state index contributed by atoms with van der Waals surface area (Å²) < 4.78 is 0. The van der Waals surface area contributed by atoms with Crippen molar-refractivity contribution in [3.05, 3.63) is 18.3 Å². The Balaban J connectivity index is 1.76. The topological polar surface area (TPSA) is 31.4 Å². The summed E-state index contributed by atoms with van der Waals surface area (Å²) in [7, 11) is 4.09. The Labute approximate surface area is 109 Å². The number of piperidine rings is 1. The largest absolute Gasteiger partial charge is 0.379 e. The van der Waals surface area contributed by atoms with Crippen molar-refractivity contribution < 1.29 is 0 Å². The molecular formula is C14H22N4. The normalized spacial score (nSPS) is 30.2. The van der Waals surface area contributed by atoms with E-state index >= 15 is 0 Å². The maximum Gasteiger partial charge on any atom is 0.151 e. The zero-order valence-corrected chi connectivity index (χ0v) is 11.3. The number of rotatable bonds is 3. The average Bonchev–Trinajstić information content (AvgIpc) is 2.76. The van der Waals surface area contributed by atoms with E-state index in [9.17, 15) is 0 Å². The average molecular weight is 246 g/mol. The fourth-order valence-corrected chi connectivity index (χ4v) is 3.21. The quantitative estimate of drug-likeness (QED) is 0.879. The number of pyridine rings is 1. The molecule has 2 aliphatic heterocycles. The van der Waals surface area contributed by atoms with Gasteiger partial charge in [-0.2, -0.15) is 0 Å². The summed E-state index contributed by atoms with van der Waals surface area (Å²) in [4.78, 5) is 9.12. The standard InChI is InChI=1S/C14H22N4/c1-17(2)14-13(4-3-7-15-14)16-12-6-9-18-8-5-11(12)10-18/h3-4,7,11-12,16H,5-6,8-10H2,1-2H3. The third-order valence-electron chi connectivity index (χ3n) is 4.19. The molecule has 3 rings (SSSR count). The van der Waals surface area contributed by atoms with E-state index in [1.165, 1.54) is 38.2 Å². The van der Waals surface area contributed by atoms with E-state index < -0.39 is 0 Å². The van der Waals surface area contributed by atoms with Crippen molar-refractivity contribution in [2.75, 3.05) is 43.9 Å². The highest BCUT2D eigenvalue weighted by molar-refractivity contribution is 5.65. The molecule has 98 valence electrons. The first-order valence-corrected chi connectivity index (χ1v) is 6.85. The molecule has 0 aliphatic carbocycles. The monoisotopic (exact) mass is 246 g/mol. The molecular weight excluding hydrogens is 224 g/mol. The van der Waals surface area contributed by atoms with Gasteiger partial charge in [0.25, 0.3) is 0 Å². The predicted molar refractivity (Wildman–Crippen MR) is 75.1 cm³/mol. The maximum absolute atomic E-state index is 4.46. The second-order valence-corrected chi connectivity index (χ2v) is 5.66. The lowest BCUT2D eigenvalue weighted by atomic mass is 9.94. The van der Waals surface area contributed by atoms with Crippen molar-refractivity contribution in [2.45, 2.75) is 18.9 Å². The fraction of sp³-hybridized carbons (Fsp3) is 0.643. The van der Waals surface area contributed by atoms with Crippen LogP contribution in [0.3, 0.4) is 0 Å². The van der Waals surface area contributed by atoms with Gasteiger partial charge in [0.1, 0.15) is 0 Å². The molecule has 4 nitrogen and oxygen atoms in total. The van der Waals surface area contributed by atoms with E-state index in [2.05, 4.69) is 26.2 Å². The Hall–Kier alpha value is -1.29. The Morgan fingerprint density at radius 3 is 3.00 bits per heavy atom. The Bertz CT molecular complexity index is 418. The van der Waals surface area contributed by atoms with Gasteiger partial charge in [-0.15, -0.1) is 0 Å². The van der Waals surface area contributed by atoms with Crippen LogP contribution in [0.5, 0.6) is 0 Å². The van der Waals surface area contributed by atoms with Gasteiger partial charge in [0.15, 0.2) is 5.82 Å². The SMILES string of the molecule is CN(C)c1ncccc1NC1CCN2CCC1C2. The van der Waals surface area contributed by atoms with Crippen LogP contribution in [0.25, 0.3) is 0 Å². The van der Waals surface area contributed by atoms with Crippen LogP contribution in [0.2, 0.25) is 0 Å². The molecule has 4 heteroatoms. The van der Waals surface area contributed by atoms with E-state index in [4.69, 9.17) is 0 Å². The van der Waals surface area contributed by atoms with Crippen LogP contribution >= 0.6 is 0 Å². The zero-order valence-electron chi connectivity index (χ0n) is 11.3.